The van der Waals surface area contributed by atoms with Gasteiger partial charge in [0.2, 0.25) is 11.8 Å². The summed E-state index contributed by atoms with van der Waals surface area (Å²) in [5.74, 6) is -0.565. The molecule has 134 valence electrons. The maximum Gasteiger partial charge on any atom is 0.251 e. The number of carbonyl (C=O) groups excluding carboxylic acids is 3. The van der Waals surface area contributed by atoms with Crippen LogP contribution in [0.5, 0.6) is 0 Å². The normalized spacial score (nSPS) is 27.6. The van der Waals surface area contributed by atoms with Gasteiger partial charge < -0.3 is 10.1 Å². The van der Waals surface area contributed by atoms with Crippen molar-refractivity contribution in [1.82, 2.24) is 4.90 Å². The van der Waals surface area contributed by atoms with Gasteiger partial charge in [-0.25, -0.2) is 4.90 Å². The molecule has 2 heterocycles. The summed E-state index contributed by atoms with van der Waals surface area (Å²) in [6.45, 7) is 6.66. The van der Waals surface area contributed by atoms with Gasteiger partial charge in [0.15, 0.2) is 0 Å². The fourth-order valence-electron chi connectivity index (χ4n) is 3.54. The number of imide groups is 1. The van der Waals surface area contributed by atoms with Crippen molar-refractivity contribution in [3.63, 3.8) is 0 Å². The van der Waals surface area contributed by atoms with Gasteiger partial charge in [0.25, 0.3) is 5.91 Å². The van der Waals surface area contributed by atoms with Gasteiger partial charge in [0, 0.05) is 25.7 Å². The molecule has 25 heavy (non-hydrogen) atoms. The largest absolute Gasteiger partial charge is 0.373 e. The summed E-state index contributed by atoms with van der Waals surface area (Å²) < 4.78 is 5.71. The van der Waals surface area contributed by atoms with E-state index in [1.807, 2.05) is 18.7 Å². The maximum absolute atomic E-state index is 12.8. The highest BCUT2D eigenvalue weighted by molar-refractivity contribution is 6.22. The average molecular weight is 345 g/mol. The van der Waals surface area contributed by atoms with Crippen molar-refractivity contribution in [3.05, 3.63) is 24.3 Å². The number of carbonyl (C=O) groups is 3. The first-order valence-corrected chi connectivity index (χ1v) is 8.49. The van der Waals surface area contributed by atoms with E-state index >= 15 is 0 Å². The van der Waals surface area contributed by atoms with Crippen molar-refractivity contribution in [3.8, 4) is 0 Å². The van der Waals surface area contributed by atoms with E-state index in [1.54, 1.807) is 24.3 Å². The molecular formula is C18H23N3O4. The first-order chi connectivity index (χ1) is 11.8. The molecule has 3 amide bonds. The van der Waals surface area contributed by atoms with Crippen molar-refractivity contribution < 1.29 is 19.1 Å². The Morgan fingerprint density at radius 3 is 2.28 bits per heavy atom. The molecule has 1 N–H and O–H groups in total. The molecule has 0 aliphatic carbocycles. The Hall–Kier alpha value is -2.25. The van der Waals surface area contributed by atoms with E-state index in [4.69, 9.17) is 4.74 Å². The highest BCUT2D eigenvalue weighted by Crippen LogP contribution is 2.28. The summed E-state index contributed by atoms with van der Waals surface area (Å²) in [7, 11) is 0. The van der Waals surface area contributed by atoms with Crippen LogP contribution in [0.25, 0.3) is 0 Å². The van der Waals surface area contributed by atoms with E-state index in [2.05, 4.69) is 5.32 Å². The van der Waals surface area contributed by atoms with E-state index in [1.165, 1.54) is 11.8 Å². The van der Waals surface area contributed by atoms with E-state index in [0.717, 1.165) is 0 Å². The lowest BCUT2D eigenvalue weighted by atomic mass is 10.1. The average Bonchev–Trinajstić information content (AvgIpc) is 2.82. The van der Waals surface area contributed by atoms with Crippen LogP contribution in [0.3, 0.4) is 0 Å². The van der Waals surface area contributed by atoms with Gasteiger partial charge in [-0.05, 0) is 38.1 Å². The predicted molar refractivity (Wildman–Crippen MR) is 93.2 cm³/mol. The van der Waals surface area contributed by atoms with Crippen molar-refractivity contribution in [2.24, 2.45) is 0 Å². The highest BCUT2D eigenvalue weighted by Gasteiger charge is 2.44. The Bertz CT molecular complexity index is 678. The fourth-order valence-corrected chi connectivity index (χ4v) is 3.54. The van der Waals surface area contributed by atoms with Gasteiger partial charge in [-0.2, -0.15) is 0 Å². The number of rotatable bonds is 3. The van der Waals surface area contributed by atoms with Crippen LogP contribution >= 0.6 is 0 Å². The lowest BCUT2D eigenvalue weighted by Gasteiger charge is -2.37. The number of hydrogen-bond donors (Lipinski definition) is 1. The molecule has 3 atom stereocenters. The van der Waals surface area contributed by atoms with Gasteiger partial charge in [-0.15, -0.1) is 0 Å². The summed E-state index contributed by atoms with van der Waals surface area (Å²) in [5.41, 5.74) is 1.16. The quantitative estimate of drug-likeness (QED) is 0.838. The Balaban J connectivity index is 1.76. The molecule has 0 bridgehead atoms. The molecule has 0 spiro atoms. The van der Waals surface area contributed by atoms with Crippen LogP contribution in [-0.4, -0.2) is 54.0 Å². The van der Waals surface area contributed by atoms with Crippen LogP contribution in [0.15, 0.2) is 24.3 Å². The molecule has 2 aliphatic heterocycles. The maximum atomic E-state index is 12.8. The molecule has 2 saturated heterocycles. The molecule has 2 aliphatic rings. The third-order valence-electron chi connectivity index (χ3n) is 4.46. The van der Waals surface area contributed by atoms with Crippen molar-refractivity contribution in [2.45, 2.75) is 45.4 Å². The summed E-state index contributed by atoms with van der Waals surface area (Å²) >= 11 is 0. The second kappa shape index (κ2) is 6.93. The molecule has 7 nitrogen and oxygen atoms in total. The van der Waals surface area contributed by atoms with Crippen LogP contribution in [0.2, 0.25) is 0 Å². The zero-order valence-electron chi connectivity index (χ0n) is 14.7. The molecule has 1 aromatic carbocycles. The van der Waals surface area contributed by atoms with Crippen LogP contribution < -0.4 is 10.2 Å². The van der Waals surface area contributed by atoms with E-state index in [0.29, 0.717) is 24.5 Å². The third kappa shape index (κ3) is 3.72. The van der Waals surface area contributed by atoms with Crippen molar-refractivity contribution in [2.75, 3.05) is 23.3 Å². The summed E-state index contributed by atoms with van der Waals surface area (Å²) in [5, 5.41) is 2.67. The zero-order chi connectivity index (χ0) is 18.1. The number of nitrogens with one attached hydrogen (secondary N) is 1. The van der Waals surface area contributed by atoms with Gasteiger partial charge in [-0.3, -0.25) is 19.3 Å². The topological polar surface area (TPSA) is 79.0 Å². The number of anilines is 2. The first kappa shape index (κ1) is 17.6. The third-order valence-corrected chi connectivity index (χ3v) is 4.46. The van der Waals surface area contributed by atoms with Gasteiger partial charge in [-0.1, -0.05) is 0 Å². The molecule has 1 aromatic rings. The van der Waals surface area contributed by atoms with E-state index in [-0.39, 0.29) is 36.4 Å². The first-order valence-electron chi connectivity index (χ1n) is 8.49. The summed E-state index contributed by atoms with van der Waals surface area (Å²) in [4.78, 5) is 39.7. The molecule has 0 aromatic heterocycles. The van der Waals surface area contributed by atoms with Crippen LogP contribution in [0, 0.1) is 0 Å². The van der Waals surface area contributed by atoms with Crippen LogP contribution in [0.4, 0.5) is 11.4 Å². The van der Waals surface area contributed by atoms with Crippen LogP contribution in [-0.2, 0) is 19.1 Å². The summed E-state index contributed by atoms with van der Waals surface area (Å²) in [6, 6.07) is 6.28. The standard InChI is InChI=1S/C18H23N3O4/c1-11-9-20(10-12(2)25-11)16-8-17(23)21(18(16)24)15-6-4-14(5-7-15)19-13(3)22/h4-7,11-12,16H,8-10H2,1-3H3,(H,19,22)/t11-,12-,16-/m1/s1. The lowest BCUT2D eigenvalue weighted by molar-refractivity contribution is -0.127. The molecular weight excluding hydrogens is 322 g/mol. The lowest BCUT2D eigenvalue weighted by Crippen LogP contribution is -2.52. The molecule has 7 heteroatoms. The molecule has 0 saturated carbocycles. The monoisotopic (exact) mass is 345 g/mol. The van der Waals surface area contributed by atoms with Crippen molar-refractivity contribution in [1.29, 1.82) is 0 Å². The Labute approximate surface area is 146 Å². The highest BCUT2D eigenvalue weighted by atomic mass is 16.5. The number of benzene rings is 1. The number of morpholine rings is 1. The minimum absolute atomic E-state index is 0.0395. The molecule has 0 unspecified atom stereocenters. The molecule has 0 radical (unpaired) electrons. The van der Waals surface area contributed by atoms with Gasteiger partial charge >= 0.3 is 0 Å². The smallest absolute Gasteiger partial charge is 0.251 e. The van der Waals surface area contributed by atoms with Crippen molar-refractivity contribution >= 4 is 29.1 Å². The predicted octanol–water partition coefficient (Wildman–Crippen LogP) is 1.39. The van der Waals surface area contributed by atoms with E-state index in [9.17, 15) is 14.4 Å². The second-order valence-corrected chi connectivity index (χ2v) is 6.73. The Morgan fingerprint density at radius 1 is 1.12 bits per heavy atom. The minimum atomic E-state index is -0.434. The Morgan fingerprint density at radius 2 is 1.72 bits per heavy atom. The van der Waals surface area contributed by atoms with Gasteiger partial charge in [0.1, 0.15) is 0 Å². The zero-order valence-corrected chi connectivity index (χ0v) is 14.7. The molecule has 2 fully saturated rings. The second-order valence-electron chi connectivity index (χ2n) is 6.73. The number of hydrogen-bond acceptors (Lipinski definition) is 5. The fraction of sp³-hybridized carbons (Fsp3) is 0.500. The Kier molecular flexibility index (Phi) is 4.87. The molecule has 3 rings (SSSR count). The van der Waals surface area contributed by atoms with Gasteiger partial charge in [0.05, 0.1) is 30.4 Å². The number of nitrogens with zero attached hydrogens (tertiary/aromatic N) is 2. The van der Waals surface area contributed by atoms with E-state index < -0.39 is 6.04 Å². The minimum Gasteiger partial charge on any atom is -0.373 e. The summed E-state index contributed by atoms with van der Waals surface area (Å²) in [6.07, 6.45) is 0.265. The van der Waals surface area contributed by atoms with Crippen LogP contribution in [0.1, 0.15) is 27.2 Å². The number of amides is 3. The SMILES string of the molecule is CC(=O)Nc1ccc(N2C(=O)C[C@@H](N3C[C@@H](C)O[C@H](C)C3)C2=O)cc1. The number of ether oxygens (including phenoxy) is 1.